The predicted molar refractivity (Wildman–Crippen MR) is 72.6 cm³/mol. The molecule has 0 bridgehead atoms. The SMILES string of the molecule is O=C1C=CC(=O)N1CCN1C(=O)CC(SI)C1=O. The molecule has 2 rings (SSSR count). The molecule has 6 nitrogen and oxygen atoms in total. The fraction of sp³-hybridized carbons (Fsp3) is 0.400. The molecule has 0 saturated carbocycles. The molecule has 96 valence electrons. The summed E-state index contributed by atoms with van der Waals surface area (Å²) in [5, 5.41) is -0.346. The molecule has 8 heteroatoms. The van der Waals surface area contributed by atoms with Gasteiger partial charge < -0.3 is 0 Å². The van der Waals surface area contributed by atoms with Crippen molar-refractivity contribution in [3.8, 4) is 0 Å². The number of imide groups is 2. The fourth-order valence-corrected chi connectivity index (χ4v) is 3.41. The lowest BCUT2D eigenvalue weighted by Crippen LogP contribution is -2.41. The maximum Gasteiger partial charge on any atom is 0.253 e. The van der Waals surface area contributed by atoms with Gasteiger partial charge in [0, 0.05) is 31.7 Å². The van der Waals surface area contributed by atoms with E-state index in [0.29, 0.717) is 0 Å². The average Bonchev–Trinajstić information content (AvgIpc) is 2.80. The monoisotopic (exact) mass is 380 g/mol. The summed E-state index contributed by atoms with van der Waals surface area (Å²) < 4.78 is 0. The second kappa shape index (κ2) is 5.39. The molecule has 18 heavy (non-hydrogen) atoms. The van der Waals surface area contributed by atoms with Crippen molar-refractivity contribution in [1.29, 1.82) is 0 Å². The molecule has 1 saturated heterocycles. The van der Waals surface area contributed by atoms with Gasteiger partial charge in [-0.1, -0.05) is 8.93 Å². The van der Waals surface area contributed by atoms with Crippen molar-refractivity contribution in [2.24, 2.45) is 0 Å². The van der Waals surface area contributed by atoms with E-state index in [9.17, 15) is 19.2 Å². The van der Waals surface area contributed by atoms with Gasteiger partial charge in [0.05, 0.1) is 0 Å². The van der Waals surface area contributed by atoms with E-state index in [4.69, 9.17) is 0 Å². The number of carbonyl (C=O) groups excluding carboxylic acids is 4. The van der Waals surface area contributed by atoms with Crippen LogP contribution in [0.3, 0.4) is 0 Å². The first kappa shape index (κ1) is 13.5. The first-order chi connectivity index (χ1) is 8.54. The van der Waals surface area contributed by atoms with Crippen LogP contribution < -0.4 is 0 Å². The minimum Gasteiger partial charge on any atom is -0.280 e. The maximum absolute atomic E-state index is 11.8. The lowest BCUT2D eigenvalue weighted by Gasteiger charge is -2.19. The Labute approximate surface area is 119 Å². The third-order valence-corrected chi connectivity index (χ3v) is 5.18. The van der Waals surface area contributed by atoms with Crippen LogP contribution >= 0.6 is 30.1 Å². The van der Waals surface area contributed by atoms with E-state index in [2.05, 4.69) is 0 Å². The highest BCUT2D eigenvalue weighted by atomic mass is 127. The van der Waals surface area contributed by atoms with Crippen LogP contribution in [0.4, 0.5) is 0 Å². The van der Waals surface area contributed by atoms with Gasteiger partial charge in [-0.3, -0.25) is 29.0 Å². The predicted octanol–water partition coefficient (Wildman–Crippen LogP) is 0.122. The molecule has 0 aromatic heterocycles. The average molecular weight is 380 g/mol. The molecule has 0 N–H and O–H groups in total. The van der Waals surface area contributed by atoms with Crippen molar-refractivity contribution in [3.63, 3.8) is 0 Å². The summed E-state index contributed by atoms with van der Waals surface area (Å²) in [6, 6.07) is 0. The molecule has 0 aromatic carbocycles. The Morgan fingerprint density at radius 2 is 1.67 bits per heavy atom. The van der Waals surface area contributed by atoms with Gasteiger partial charge in [-0.2, -0.15) is 0 Å². The number of halogens is 1. The smallest absolute Gasteiger partial charge is 0.253 e. The zero-order chi connectivity index (χ0) is 13.3. The molecular formula is C10H9IN2O4S. The molecule has 0 aromatic rings. The molecule has 0 spiro atoms. The summed E-state index contributed by atoms with van der Waals surface area (Å²) in [5.41, 5.74) is 0. The molecule has 0 aliphatic carbocycles. The van der Waals surface area contributed by atoms with E-state index in [0.717, 1.165) is 9.80 Å². The van der Waals surface area contributed by atoms with Gasteiger partial charge >= 0.3 is 0 Å². The summed E-state index contributed by atoms with van der Waals surface area (Å²) in [6.45, 7) is 0.130. The minimum atomic E-state index is -0.404. The Hall–Kier alpha value is -0.900. The molecule has 0 radical (unpaired) electrons. The lowest BCUT2D eigenvalue weighted by molar-refractivity contribution is -0.142. The van der Waals surface area contributed by atoms with Gasteiger partial charge in [-0.05, 0) is 21.2 Å². The topological polar surface area (TPSA) is 74.8 Å². The van der Waals surface area contributed by atoms with Gasteiger partial charge in [0.15, 0.2) is 0 Å². The van der Waals surface area contributed by atoms with E-state index >= 15 is 0 Å². The number of carbonyl (C=O) groups is 4. The van der Waals surface area contributed by atoms with Gasteiger partial charge in [-0.25, -0.2) is 0 Å². The van der Waals surface area contributed by atoms with E-state index in [1.54, 1.807) is 0 Å². The van der Waals surface area contributed by atoms with Crippen molar-refractivity contribution >= 4 is 53.8 Å². The van der Waals surface area contributed by atoms with Crippen LogP contribution in [0.15, 0.2) is 12.2 Å². The van der Waals surface area contributed by atoms with Gasteiger partial charge in [-0.15, -0.1) is 0 Å². The number of rotatable bonds is 4. The molecule has 2 heterocycles. The maximum atomic E-state index is 11.8. The quantitative estimate of drug-likeness (QED) is 0.512. The second-order valence-electron chi connectivity index (χ2n) is 3.83. The highest BCUT2D eigenvalue weighted by Crippen LogP contribution is 2.29. The van der Waals surface area contributed by atoms with E-state index in [1.807, 2.05) is 21.2 Å². The summed E-state index contributed by atoms with van der Waals surface area (Å²) in [5.74, 6) is -1.30. The van der Waals surface area contributed by atoms with Crippen LogP contribution in [0, 0.1) is 0 Å². The zero-order valence-electron chi connectivity index (χ0n) is 9.17. The van der Waals surface area contributed by atoms with E-state index < -0.39 is 11.8 Å². The molecule has 2 aliphatic heterocycles. The van der Waals surface area contributed by atoms with Gasteiger partial charge in [0.25, 0.3) is 11.8 Å². The summed E-state index contributed by atoms with van der Waals surface area (Å²) in [7, 11) is 1.31. The van der Waals surface area contributed by atoms with Crippen LogP contribution in [0.25, 0.3) is 0 Å². The van der Waals surface area contributed by atoms with Crippen molar-refractivity contribution in [2.45, 2.75) is 11.7 Å². The minimum absolute atomic E-state index is 0.0563. The number of amides is 4. The molecule has 2 aliphatic rings. The first-order valence-corrected chi connectivity index (χ1v) is 8.62. The largest absolute Gasteiger partial charge is 0.280 e. The molecule has 1 fully saturated rings. The normalized spacial score (nSPS) is 23.7. The number of likely N-dealkylation sites (tertiary alicyclic amines) is 1. The van der Waals surface area contributed by atoms with Gasteiger partial charge in [0.2, 0.25) is 11.8 Å². The third kappa shape index (κ3) is 2.44. The van der Waals surface area contributed by atoms with Crippen molar-refractivity contribution in [3.05, 3.63) is 12.2 Å². The Bertz CT molecular complexity index is 447. The molecule has 1 unspecified atom stereocenters. The van der Waals surface area contributed by atoms with Crippen molar-refractivity contribution in [2.75, 3.05) is 13.1 Å². The molecule has 1 atom stereocenters. The fourth-order valence-electron chi connectivity index (χ4n) is 1.81. The third-order valence-electron chi connectivity index (χ3n) is 2.76. The van der Waals surface area contributed by atoms with Crippen LogP contribution in [0.2, 0.25) is 0 Å². The van der Waals surface area contributed by atoms with E-state index in [-0.39, 0.29) is 36.6 Å². The van der Waals surface area contributed by atoms with Crippen molar-refractivity contribution < 1.29 is 19.2 Å². The first-order valence-electron chi connectivity index (χ1n) is 5.19. The Balaban J connectivity index is 1.95. The van der Waals surface area contributed by atoms with Crippen LogP contribution in [-0.4, -0.2) is 51.8 Å². The number of hydrogen-bond donors (Lipinski definition) is 0. The number of hydrogen-bond acceptors (Lipinski definition) is 5. The Morgan fingerprint density at radius 1 is 1.11 bits per heavy atom. The van der Waals surface area contributed by atoms with Crippen LogP contribution in [0.5, 0.6) is 0 Å². The molecule has 4 amide bonds. The highest BCUT2D eigenvalue weighted by Gasteiger charge is 2.39. The second-order valence-corrected chi connectivity index (χ2v) is 6.10. The van der Waals surface area contributed by atoms with Gasteiger partial charge in [0.1, 0.15) is 5.25 Å². The van der Waals surface area contributed by atoms with E-state index in [1.165, 1.54) is 21.1 Å². The zero-order valence-corrected chi connectivity index (χ0v) is 12.1. The summed E-state index contributed by atoms with van der Waals surface area (Å²) >= 11 is 1.99. The van der Waals surface area contributed by atoms with Crippen molar-refractivity contribution in [1.82, 2.24) is 9.80 Å². The Morgan fingerprint density at radius 3 is 2.17 bits per heavy atom. The summed E-state index contributed by atoms with van der Waals surface area (Å²) in [4.78, 5) is 48.1. The van der Waals surface area contributed by atoms with Crippen LogP contribution in [0.1, 0.15) is 6.42 Å². The number of nitrogens with zero attached hydrogens (tertiary/aromatic N) is 2. The standard InChI is InChI=1S/C10H9IN2O4S/c11-18-6-5-9(16)13(10(6)17)4-3-12-7(14)1-2-8(12)15/h1-2,6H,3-5H2. The lowest BCUT2D eigenvalue weighted by atomic mass is 10.4. The summed E-state index contributed by atoms with van der Waals surface area (Å²) in [6.07, 6.45) is 2.55. The van der Waals surface area contributed by atoms with Crippen LogP contribution in [-0.2, 0) is 19.2 Å². The molecular weight excluding hydrogens is 371 g/mol. The highest BCUT2D eigenvalue weighted by molar-refractivity contribution is 14.2. The Kier molecular flexibility index (Phi) is 4.05.